The second-order valence-electron chi connectivity index (χ2n) is 10.5. The van der Waals surface area contributed by atoms with Crippen LogP contribution >= 0.6 is 0 Å². The minimum Gasteiger partial charge on any atom is -0.361 e. The number of benzene rings is 1. The van der Waals surface area contributed by atoms with Gasteiger partial charge >= 0.3 is 6.03 Å². The number of piperidine rings is 3. The highest BCUT2D eigenvalue weighted by Crippen LogP contribution is 2.38. The molecule has 180 valence electrons. The van der Waals surface area contributed by atoms with Gasteiger partial charge in [-0.15, -0.1) is 0 Å². The summed E-state index contributed by atoms with van der Waals surface area (Å²) in [6.07, 6.45) is 6.17. The number of amides is 4. The quantitative estimate of drug-likeness (QED) is 0.742. The molecule has 4 fully saturated rings. The number of carbonyl (C=O) groups is 3. The van der Waals surface area contributed by atoms with Gasteiger partial charge in [0.15, 0.2) is 0 Å². The van der Waals surface area contributed by atoms with E-state index in [9.17, 15) is 14.4 Å². The number of likely N-dealkylation sites (tertiary alicyclic amines) is 1. The van der Waals surface area contributed by atoms with E-state index >= 15 is 0 Å². The average Bonchev–Trinajstić information content (AvgIpc) is 3.27. The predicted molar refractivity (Wildman–Crippen MR) is 128 cm³/mol. The Morgan fingerprint density at radius 1 is 0.971 bits per heavy atom. The third-order valence-corrected chi connectivity index (χ3v) is 8.37. The van der Waals surface area contributed by atoms with Crippen LogP contribution in [0.25, 0.3) is 10.9 Å². The summed E-state index contributed by atoms with van der Waals surface area (Å²) in [5.41, 5.74) is 2.07. The van der Waals surface area contributed by atoms with E-state index in [-0.39, 0.29) is 11.9 Å². The molecule has 2 bridgehead atoms. The van der Waals surface area contributed by atoms with Gasteiger partial charge in [0.25, 0.3) is 0 Å². The molecule has 4 aliphatic heterocycles. The summed E-state index contributed by atoms with van der Waals surface area (Å²) in [7, 11) is 0. The number of aromatic amines is 1. The molecule has 8 heteroatoms. The van der Waals surface area contributed by atoms with Gasteiger partial charge in [0.2, 0.25) is 11.8 Å². The van der Waals surface area contributed by atoms with E-state index in [1.807, 2.05) is 45.2 Å². The Kier molecular flexibility index (Phi) is 5.46. The third kappa shape index (κ3) is 3.83. The predicted octanol–water partition coefficient (Wildman–Crippen LogP) is 2.31. The van der Waals surface area contributed by atoms with Crippen LogP contribution in [0.15, 0.2) is 30.5 Å². The molecule has 2 aromatic rings. The Morgan fingerprint density at radius 3 is 2.62 bits per heavy atom. The number of H-pyrrole nitrogens is 1. The van der Waals surface area contributed by atoms with Gasteiger partial charge in [0.05, 0.1) is 6.42 Å². The number of hydrogen-bond donors (Lipinski definition) is 1. The number of piperazine rings is 1. The average molecular weight is 464 g/mol. The first-order chi connectivity index (χ1) is 16.6. The number of fused-ring (bicyclic) bond motifs is 5. The van der Waals surface area contributed by atoms with Crippen LogP contribution in [0.4, 0.5) is 4.79 Å². The third-order valence-electron chi connectivity index (χ3n) is 8.37. The SMILES string of the molecule is O=C(Cc1c[nH]c2ccccc12)N1CCN(C(=O)N2CC3CC(C2)[C@H]2CCCC(=O)N2C3)CC1. The monoisotopic (exact) mass is 463 g/mol. The summed E-state index contributed by atoms with van der Waals surface area (Å²) in [5, 5.41) is 1.10. The molecule has 1 N–H and O–H groups in total. The highest BCUT2D eigenvalue weighted by Gasteiger charge is 2.45. The van der Waals surface area contributed by atoms with Crippen molar-refractivity contribution in [2.75, 3.05) is 45.8 Å². The summed E-state index contributed by atoms with van der Waals surface area (Å²) in [4.78, 5) is 49.9. The Balaban J connectivity index is 1.04. The molecule has 6 rings (SSSR count). The number of aromatic nitrogens is 1. The van der Waals surface area contributed by atoms with Crippen LogP contribution in [0.2, 0.25) is 0 Å². The first-order valence-corrected chi connectivity index (χ1v) is 12.7. The maximum absolute atomic E-state index is 13.4. The van der Waals surface area contributed by atoms with Gasteiger partial charge in [0.1, 0.15) is 0 Å². The van der Waals surface area contributed by atoms with Gasteiger partial charge in [-0.25, -0.2) is 4.79 Å². The molecule has 2 unspecified atom stereocenters. The van der Waals surface area contributed by atoms with Crippen molar-refractivity contribution in [2.24, 2.45) is 11.8 Å². The largest absolute Gasteiger partial charge is 0.361 e. The number of hydrogen-bond acceptors (Lipinski definition) is 3. The Morgan fingerprint density at radius 2 is 1.76 bits per heavy atom. The summed E-state index contributed by atoms with van der Waals surface area (Å²) in [6.45, 7) is 4.63. The van der Waals surface area contributed by atoms with Crippen molar-refractivity contribution in [3.63, 3.8) is 0 Å². The minimum absolute atomic E-state index is 0.106. The Labute approximate surface area is 199 Å². The molecular weight excluding hydrogens is 430 g/mol. The van der Waals surface area contributed by atoms with Crippen molar-refractivity contribution in [3.05, 3.63) is 36.0 Å². The number of carbonyl (C=O) groups excluding carboxylic acids is 3. The lowest BCUT2D eigenvalue weighted by atomic mass is 9.76. The molecule has 1 aromatic heterocycles. The normalized spacial score (nSPS) is 27.2. The number of para-hydroxylation sites is 1. The smallest absolute Gasteiger partial charge is 0.320 e. The number of urea groups is 1. The van der Waals surface area contributed by atoms with Gasteiger partial charge in [-0.2, -0.15) is 0 Å². The zero-order valence-electron chi connectivity index (χ0n) is 19.6. The zero-order valence-corrected chi connectivity index (χ0v) is 19.6. The van der Waals surface area contributed by atoms with E-state index in [1.165, 1.54) is 0 Å². The van der Waals surface area contributed by atoms with Gasteiger partial charge in [-0.1, -0.05) is 18.2 Å². The second-order valence-corrected chi connectivity index (χ2v) is 10.5. The van der Waals surface area contributed by atoms with Crippen LogP contribution in [0.3, 0.4) is 0 Å². The van der Waals surface area contributed by atoms with Gasteiger partial charge in [0, 0.05) is 75.4 Å². The summed E-state index contributed by atoms with van der Waals surface area (Å²) >= 11 is 0. The van der Waals surface area contributed by atoms with E-state index in [0.29, 0.717) is 62.8 Å². The second kappa shape index (κ2) is 8.64. The van der Waals surface area contributed by atoms with Crippen LogP contribution in [0.5, 0.6) is 0 Å². The fourth-order valence-electron chi connectivity index (χ4n) is 6.67. The fraction of sp³-hybridized carbons (Fsp3) is 0.577. The molecular formula is C26H33N5O3. The standard InChI is InChI=1S/C26H33N5O3/c32-24-7-3-6-23-20-12-18(16-31(23)24)15-30(17-20)26(34)29-10-8-28(9-11-29)25(33)13-19-14-27-22-5-2-1-4-21(19)22/h1-2,4-5,14,18,20,23,27H,3,6-13,15-17H2/t18?,20?,23-/m1/s1. The molecule has 3 atom stereocenters. The van der Waals surface area contributed by atoms with Crippen LogP contribution in [-0.4, -0.2) is 94.3 Å². The number of nitrogens with zero attached hydrogens (tertiary/aromatic N) is 4. The lowest BCUT2D eigenvalue weighted by Crippen LogP contribution is -2.63. The number of rotatable bonds is 2. The summed E-state index contributed by atoms with van der Waals surface area (Å²) in [5.74, 6) is 1.21. The van der Waals surface area contributed by atoms with E-state index in [4.69, 9.17) is 0 Å². The Bertz CT molecular complexity index is 1100. The molecule has 0 radical (unpaired) electrons. The Hall–Kier alpha value is -3.03. The van der Waals surface area contributed by atoms with Crippen LogP contribution in [0.1, 0.15) is 31.2 Å². The van der Waals surface area contributed by atoms with Crippen molar-refractivity contribution in [1.82, 2.24) is 24.6 Å². The van der Waals surface area contributed by atoms with Gasteiger partial charge < -0.3 is 24.6 Å². The topological polar surface area (TPSA) is 80.0 Å². The fourth-order valence-corrected chi connectivity index (χ4v) is 6.67. The molecule has 5 heterocycles. The number of nitrogens with one attached hydrogen (secondary N) is 1. The first-order valence-electron chi connectivity index (χ1n) is 12.7. The molecule has 4 saturated heterocycles. The van der Waals surface area contributed by atoms with Crippen molar-refractivity contribution in [2.45, 2.75) is 38.1 Å². The maximum atomic E-state index is 13.4. The molecule has 1 aromatic carbocycles. The van der Waals surface area contributed by atoms with E-state index < -0.39 is 0 Å². The molecule has 4 amide bonds. The minimum atomic E-state index is 0.106. The maximum Gasteiger partial charge on any atom is 0.320 e. The first kappa shape index (κ1) is 21.5. The van der Waals surface area contributed by atoms with Crippen LogP contribution in [-0.2, 0) is 16.0 Å². The summed E-state index contributed by atoms with van der Waals surface area (Å²) in [6, 6.07) is 8.46. The van der Waals surface area contributed by atoms with Crippen molar-refractivity contribution in [3.8, 4) is 0 Å². The molecule has 34 heavy (non-hydrogen) atoms. The molecule has 0 saturated carbocycles. The van der Waals surface area contributed by atoms with E-state index in [2.05, 4.69) is 9.88 Å². The zero-order chi connectivity index (χ0) is 23.2. The van der Waals surface area contributed by atoms with Crippen LogP contribution < -0.4 is 0 Å². The van der Waals surface area contributed by atoms with Gasteiger partial charge in [-0.3, -0.25) is 9.59 Å². The highest BCUT2D eigenvalue weighted by atomic mass is 16.2. The molecule has 0 aliphatic carbocycles. The van der Waals surface area contributed by atoms with E-state index in [0.717, 1.165) is 55.4 Å². The molecule has 0 spiro atoms. The van der Waals surface area contributed by atoms with Gasteiger partial charge in [-0.05, 0) is 42.7 Å². The van der Waals surface area contributed by atoms with Crippen molar-refractivity contribution >= 4 is 28.7 Å². The molecule has 8 nitrogen and oxygen atoms in total. The lowest BCUT2D eigenvalue weighted by Gasteiger charge is -2.53. The molecule has 4 aliphatic rings. The lowest BCUT2D eigenvalue weighted by molar-refractivity contribution is -0.144. The van der Waals surface area contributed by atoms with Crippen LogP contribution in [0, 0.1) is 11.8 Å². The van der Waals surface area contributed by atoms with Crippen molar-refractivity contribution < 1.29 is 14.4 Å². The highest BCUT2D eigenvalue weighted by molar-refractivity contribution is 5.89. The summed E-state index contributed by atoms with van der Waals surface area (Å²) < 4.78 is 0. The van der Waals surface area contributed by atoms with E-state index in [1.54, 1.807) is 0 Å². The van der Waals surface area contributed by atoms with Crippen molar-refractivity contribution in [1.29, 1.82) is 0 Å².